The van der Waals surface area contributed by atoms with E-state index in [2.05, 4.69) is 39.3 Å². The van der Waals surface area contributed by atoms with E-state index in [1.807, 2.05) is 24.3 Å². The number of guanidine groups is 1. The lowest BCUT2D eigenvalue weighted by atomic mass is 10.2. The summed E-state index contributed by atoms with van der Waals surface area (Å²) in [5.41, 5.74) is 1.16. The summed E-state index contributed by atoms with van der Waals surface area (Å²) in [7, 11) is 0. The smallest absolute Gasteiger partial charge is 0.191 e. The van der Waals surface area contributed by atoms with Gasteiger partial charge in [-0.15, -0.1) is 0 Å². The fourth-order valence-corrected chi connectivity index (χ4v) is 2.89. The average molecular weight is 352 g/mol. The Morgan fingerprint density at radius 3 is 2.33 bits per heavy atom. The third kappa shape index (κ3) is 6.67. The predicted molar refractivity (Wildman–Crippen MR) is 103 cm³/mol. The van der Waals surface area contributed by atoms with Crippen LogP contribution in [0.15, 0.2) is 29.3 Å². The Labute approximate surface area is 151 Å². The van der Waals surface area contributed by atoms with Crippen molar-refractivity contribution in [3.8, 4) is 0 Å². The number of hydrogen-bond donors (Lipinski definition) is 2. The molecule has 1 aliphatic rings. The summed E-state index contributed by atoms with van der Waals surface area (Å²) >= 11 is 5.92. The van der Waals surface area contributed by atoms with E-state index < -0.39 is 0 Å². The third-order valence-corrected chi connectivity index (χ3v) is 4.56. The van der Waals surface area contributed by atoms with Crippen molar-refractivity contribution >= 4 is 17.6 Å². The summed E-state index contributed by atoms with van der Waals surface area (Å²) in [6, 6.07) is 7.84. The number of nitrogens with one attached hydrogen (secondary N) is 2. The van der Waals surface area contributed by atoms with Gasteiger partial charge in [-0.05, 0) is 31.2 Å². The fraction of sp³-hybridized carbons (Fsp3) is 0.611. The highest BCUT2D eigenvalue weighted by Gasteiger charge is 2.14. The summed E-state index contributed by atoms with van der Waals surface area (Å²) in [6.45, 7) is 13.7. The van der Waals surface area contributed by atoms with Gasteiger partial charge in [-0.25, -0.2) is 4.99 Å². The van der Waals surface area contributed by atoms with E-state index in [0.717, 1.165) is 55.8 Å². The van der Waals surface area contributed by atoms with Gasteiger partial charge in [0.25, 0.3) is 0 Å². The molecule has 1 aromatic carbocycles. The van der Waals surface area contributed by atoms with E-state index in [0.29, 0.717) is 6.54 Å². The molecule has 6 heteroatoms. The van der Waals surface area contributed by atoms with E-state index in [4.69, 9.17) is 11.6 Å². The maximum Gasteiger partial charge on any atom is 0.191 e. The first-order valence-electron chi connectivity index (χ1n) is 8.92. The third-order valence-electron chi connectivity index (χ3n) is 4.31. The van der Waals surface area contributed by atoms with Gasteiger partial charge in [0.1, 0.15) is 0 Å². The van der Waals surface area contributed by atoms with Crippen molar-refractivity contribution in [3.63, 3.8) is 0 Å². The van der Waals surface area contributed by atoms with Gasteiger partial charge in [-0.2, -0.15) is 0 Å². The van der Waals surface area contributed by atoms with Gasteiger partial charge in [0.15, 0.2) is 5.96 Å². The summed E-state index contributed by atoms with van der Waals surface area (Å²) in [5, 5.41) is 7.50. The lowest BCUT2D eigenvalue weighted by Crippen LogP contribution is -2.49. The normalized spacial score (nSPS) is 17.0. The minimum absolute atomic E-state index is 0.654. The highest BCUT2D eigenvalue weighted by atomic mass is 35.5. The zero-order valence-electron chi connectivity index (χ0n) is 14.9. The second-order valence-electron chi connectivity index (χ2n) is 6.02. The number of halogens is 1. The van der Waals surface area contributed by atoms with Gasteiger partial charge < -0.3 is 15.5 Å². The lowest BCUT2D eigenvalue weighted by Gasteiger charge is -2.34. The molecule has 0 saturated carbocycles. The van der Waals surface area contributed by atoms with Crippen molar-refractivity contribution in [1.29, 1.82) is 0 Å². The Kier molecular flexibility index (Phi) is 8.36. The predicted octanol–water partition coefficient (Wildman–Crippen LogP) is 2.03. The first-order chi connectivity index (χ1) is 11.7. The standard InChI is InChI=1S/C18H30ClN5/c1-3-20-18(22-15-16-5-7-17(19)8-6-16)21-9-10-24-13-11-23(4-2)12-14-24/h5-8H,3-4,9-15H2,1-2H3,(H2,20,21,22). The van der Waals surface area contributed by atoms with Crippen LogP contribution in [-0.2, 0) is 6.54 Å². The van der Waals surface area contributed by atoms with Crippen molar-refractivity contribution in [1.82, 2.24) is 20.4 Å². The highest BCUT2D eigenvalue weighted by Crippen LogP contribution is 2.10. The molecule has 0 amide bonds. The van der Waals surface area contributed by atoms with Gasteiger partial charge in [0.2, 0.25) is 0 Å². The highest BCUT2D eigenvalue weighted by molar-refractivity contribution is 6.30. The molecule has 1 heterocycles. The van der Waals surface area contributed by atoms with Crippen LogP contribution in [0.4, 0.5) is 0 Å². The number of benzene rings is 1. The van der Waals surface area contributed by atoms with E-state index in [1.165, 1.54) is 13.1 Å². The molecule has 0 atom stereocenters. The van der Waals surface area contributed by atoms with Gasteiger partial charge in [0, 0.05) is 50.8 Å². The van der Waals surface area contributed by atoms with E-state index in [1.54, 1.807) is 0 Å². The molecular formula is C18H30ClN5. The van der Waals surface area contributed by atoms with Gasteiger partial charge >= 0.3 is 0 Å². The first kappa shape index (κ1) is 19.0. The monoisotopic (exact) mass is 351 g/mol. The second-order valence-corrected chi connectivity index (χ2v) is 6.46. The Bertz CT molecular complexity index is 495. The number of likely N-dealkylation sites (N-methyl/N-ethyl adjacent to an activating group) is 1. The minimum Gasteiger partial charge on any atom is -0.357 e. The summed E-state index contributed by atoms with van der Waals surface area (Å²) in [6.07, 6.45) is 0. The van der Waals surface area contributed by atoms with Crippen molar-refractivity contribution in [2.75, 3.05) is 52.4 Å². The number of nitrogens with zero attached hydrogens (tertiary/aromatic N) is 3. The fourth-order valence-electron chi connectivity index (χ4n) is 2.76. The lowest BCUT2D eigenvalue weighted by molar-refractivity contribution is 0.139. The Balaban J connectivity index is 1.74. The maximum absolute atomic E-state index is 5.92. The van der Waals surface area contributed by atoms with Crippen LogP contribution in [0, 0.1) is 0 Å². The number of rotatable bonds is 7. The van der Waals surface area contributed by atoms with Crippen LogP contribution < -0.4 is 10.6 Å². The minimum atomic E-state index is 0.654. The molecular weight excluding hydrogens is 322 g/mol. The van der Waals surface area contributed by atoms with Crippen molar-refractivity contribution in [2.24, 2.45) is 4.99 Å². The molecule has 2 N–H and O–H groups in total. The molecule has 1 aromatic rings. The molecule has 0 radical (unpaired) electrons. The Morgan fingerprint density at radius 1 is 1.04 bits per heavy atom. The number of aliphatic imine (C=N–C) groups is 1. The zero-order valence-corrected chi connectivity index (χ0v) is 15.6. The first-order valence-corrected chi connectivity index (χ1v) is 9.30. The Hall–Kier alpha value is -1.30. The molecule has 0 spiro atoms. The molecule has 1 fully saturated rings. The molecule has 24 heavy (non-hydrogen) atoms. The van der Waals surface area contributed by atoms with Crippen LogP contribution in [-0.4, -0.2) is 68.1 Å². The van der Waals surface area contributed by atoms with Crippen molar-refractivity contribution in [3.05, 3.63) is 34.9 Å². The van der Waals surface area contributed by atoms with Crippen LogP contribution in [0.25, 0.3) is 0 Å². The average Bonchev–Trinajstić information content (AvgIpc) is 2.61. The molecule has 1 saturated heterocycles. The molecule has 134 valence electrons. The van der Waals surface area contributed by atoms with E-state index >= 15 is 0 Å². The van der Waals surface area contributed by atoms with Crippen LogP contribution in [0.2, 0.25) is 5.02 Å². The molecule has 0 unspecified atom stereocenters. The molecule has 5 nitrogen and oxygen atoms in total. The Morgan fingerprint density at radius 2 is 1.71 bits per heavy atom. The van der Waals surface area contributed by atoms with Crippen LogP contribution in [0.3, 0.4) is 0 Å². The SMILES string of the molecule is CCNC(=NCc1ccc(Cl)cc1)NCCN1CCN(CC)CC1. The van der Waals surface area contributed by atoms with Crippen LogP contribution >= 0.6 is 11.6 Å². The molecule has 0 aliphatic carbocycles. The maximum atomic E-state index is 5.92. The van der Waals surface area contributed by atoms with Crippen LogP contribution in [0.1, 0.15) is 19.4 Å². The van der Waals surface area contributed by atoms with Crippen molar-refractivity contribution < 1.29 is 0 Å². The van der Waals surface area contributed by atoms with Gasteiger partial charge in [-0.1, -0.05) is 30.7 Å². The van der Waals surface area contributed by atoms with Crippen molar-refractivity contribution in [2.45, 2.75) is 20.4 Å². The van der Waals surface area contributed by atoms with E-state index in [-0.39, 0.29) is 0 Å². The topological polar surface area (TPSA) is 42.9 Å². The second kappa shape index (κ2) is 10.5. The zero-order chi connectivity index (χ0) is 17.2. The largest absolute Gasteiger partial charge is 0.357 e. The summed E-state index contributed by atoms with van der Waals surface area (Å²) in [5.74, 6) is 0.875. The van der Waals surface area contributed by atoms with E-state index in [9.17, 15) is 0 Å². The number of piperazine rings is 1. The molecule has 2 rings (SSSR count). The van der Waals surface area contributed by atoms with Gasteiger partial charge in [0.05, 0.1) is 6.54 Å². The summed E-state index contributed by atoms with van der Waals surface area (Å²) in [4.78, 5) is 9.66. The molecule has 0 bridgehead atoms. The summed E-state index contributed by atoms with van der Waals surface area (Å²) < 4.78 is 0. The number of hydrogen-bond acceptors (Lipinski definition) is 3. The quantitative estimate of drug-likeness (QED) is 0.582. The molecule has 0 aromatic heterocycles. The van der Waals surface area contributed by atoms with Gasteiger partial charge in [-0.3, -0.25) is 4.90 Å². The van der Waals surface area contributed by atoms with Crippen LogP contribution in [0.5, 0.6) is 0 Å². The molecule has 1 aliphatic heterocycles.